The maximum absolute atomic E-state index is 11.5. The molecule has 0 saturated carbocycles. The molecule has 0 aromatic carbocycles. The van der Waals surface area contributed by atoms with Crippen molar-refractivity contribution in [3.63, 3.8) is 0 Å². The van der Waals surface area contributed by atoms with Crippen LogP contribution in [-0.4, -0.2) is 39.3 Å². The van der Waals surface area contributed by atoms with Gasteiger partial charge in [-0.25, -0.2) is 4.98 Å². The van der Waals surface area contributed by atoms with Gasteiger partial charge in [-0.1, -0.05) is 0 Å². The summed E-state index contributed by atoms with van der Waals surface area (Å²) in [5.41, 5.74) is 0.155. The normalized spacial score (nSPS) is 9.50. The van der Waals surface area contributed by atoms with Crippen LogP contribution < -0.4 is 19.5 Å². The van der Waals surface area contributed by atoms with E-state index in [1.807, 2.05) is 0 Å². The minimum Gasteiger partial charge on any atom is -0.491 e. The van der Waals surface area contributed by atoms with E-state index in [0.29, 0.717) is 11.5 Å². The average Bonchev–Trinajstić information content (AvgIpc) is 2.35. The first-order valence-corrected chi connectivity index (χ1v) is 4.56. The Labute approximate surface area is 93.5 Å². The van der Waals surface area contributed by atoms with Crippen LogP contribution in [0.5, 0.6) is 17.2 Å². The van der Waals surface area contributed by atoms with Crippen molar-refractivity contribution < 1.29 is 19.0 Å². The van der Waals surface area contributed by atoms with E-state index in [4.69, 9.17) is 14.2 Å². The van der Waals surface area contributed by atoms with Gasteiger partial charge in [0.2, 0.25) is 5.75 Å². The number of hydrogen-bond acceptors (Lipinski definition) is 5. The van der Waals surface area contributed by atoms with Gasteiger partial charge in [-0.3, -0.25) is 4.79 Å². The molecule has 0 radical (unpaired) electrons. The molecule has 0 fully saturated rings. The average molecular weight is 226 g/mol. The number of hydrogen-bond donors (Lipinski definition) is 1. The lowest BCUT2D eigenvalue weighted by Gasteiger charge is -2.13. The van der Waals surface area contributed by atoms with Crippen molar-refractivity contribution in [3.8, 4) is 17.2 Å². The highest BCUT2D eigenvalue weighted by Crippen LogP contribution is 2.38. The highest BCUT2D eigenvalue weighted by molar-refractivity contribution is 5.95. The van der Waals surface area contributed by atoms with Gasteiger partial charge in [0.1, 0.15) is 0 Å². The molecule has 6 nitrogen and oxygen atoms in total. The number of carbonyl (C=O) groups excluding carboxylic acids is 1. The molecule has 16 heavy (non-hydrogen) atoms. The number of nitrogens with one attached hydrogen (secondary N) is 1. The number of aromatic nitrogens is 1. The minimum atomic E-state index is -0.349. The predicted molar refractivity (Wildman–Crippen MR) is 57.3 cm³/mol. The molecule has 88 valence electrons. The summed E-state index contributed by atoms with van der Waals surface area (Å²) < 4.78 is 15.3. The number of ether oxygens (including phenoxy) is 3. The lowest BCUT2D eigenvalue weighted by molar-refractivity contribution is 0.0954. The molecule has 1 aromatic rings. The van der Waals surface area contributed by atoms with Crippen molar-refractivity contribution in [1.82, 2.24) is 10.3 Å². The van der Waals surface area contributed by atoms with Crippen molar-refractivity contribution in [2.75, 3.05) is 28.4 Å². The fourth-order valence-corrected chi connectivity index (χ4v) is 1.27. The molecular weight excluding hydrogens is 212 g/mol. The van der Waals surface area contributed by atoms with E-state index in [1.165, 1.54) is 34.6 Å². The Morgan fingerprint density at radius 3 is 2.25 bits per heavy atom. The van der Waals surface area contributed by atoms with E-state index in [2.05, 4.69) is 10.3 Å². The lowest BCUT2D eigenvalue weighted by atomic mass is 10.2. The first-order chi connectivity index (χ1) is 7.69. The summed E-state index contributed by atoms with van der Waals surface area (Å²) in [4.78, 5) is 15.5. The van der Waals surface area contributed by atoms with Crippen molar-refractivity contribution in [2.24, 2.45) is 0 Å². The Hall–Kier alpha value is -1.98. The molecule has 1 rings (SSSR count). The summed E-state index contributed by atoms with van der Waals surface area (Å²) in [7, 11) is 5.90. The highest BCUT2D eigenvalue weighted by Gasteiger charge is 2.21. The van der Waals surface area contributed by atoms with Gasteiger partial charge in [-0.2, -0.15) is 0 Å². The van der Waals surface area contributed by atoms with Crippen LogP contribution in [0.25, 0.3) is 0 Å². The number of carbonyl (C=O) groups is 1. The molecule has 0 bridgehead atoms. The molecule has 0 spiro atoms. The van der Waals surface area contributed by atoms with Gasteiger partial charge in [0.25, 0.3) is 5.91 Å². The third kappa shape index (κ3) is 2.00. The molecule has 1 amide bonds. The number of amides is 1. The van der Waals surface area contributed by atoms with Crippen molar-refractivity contribution in [3.05, 3.63) is 11.9 Å². The zero-order valence-corrected chi connectivity index (χ0v) is 9.66. The molecule has 6 heteroatoms. The Balaban J connectivity index is 3.37. The molecule has 0 atom stereocenters. The zero-order chi connectivity index (χ0) is 12.1. The van der Waals surface area contributed by atoms with E-state index in [1.54, 1.807) is 0 Å². The van der Waals surface area contributed by atoms with Gasteiger partial charge < -0.3 is 19.5 Å². The summed E-state index contributed by atoms with van der Waals surface area (Å²) >= 11 is 0. The monoisotopic (exact) mass is 226 g/mol. The molecule has 0 saturated heterocycles. The van der Waals surface area contributed by atoms with E-state index >= 15 is 0 Å². The summed E-state index contributed by atoms with van der Waals surface area (Å²) in [6.45, 7) is 0. The summed E-state index contributed by atoms with van der Waals surface area (Å²) in [6.07, 6.45) is 1.41. The van der Waals surface area contributed by atoms with Crippen molar-refractivity contribution in [2.45, 2.75) is 0 Å². The fraction of sp³-hybridized carbons (Fsp3) is 0.400. The van der Waals surface area contributed by atoms with E-state index in [9.17, 15) is 4.79 Å². The summed E-state index contributed by atoms with van der Waals surface area (Å²) in [5, 5.41) is 2.47. The topological polar surface area (TPSA) is 69.7 Å². The number of rotatable bonds is 4. The van der Waals surface area contributed by atoms with Crippen LogP contribution >= 0.6 is 0 Å². The van der Waals surface area contributed by atoms with Crippen molar-refractivity contribution >= 4 is 5.91 Å². The Bertz CT molecular complexity index is 393. The fourth-order valence-electron chi connectivity index (χ4n) is 1.27. The highest BCUT2D eigenvalue weighted by atomic mass is 16.5. The molecule has 1 heterocycles. The van der Waals surface area contributed by atoms with Gasteiger partial charge in [0.05, 0.1) is 27.5 Å². The maximum Gasteiger partial charge on any atom is 0.273 e. The van der Waals surface area contributed by atoms with Crippen LogP contribution in [0.2, 0.25) is 0 Å². The molecule has 0 aliphatic heterocycles. The Morgan fingerprint density at radius 1 is 1.19 bits per heavy atom. The van der Waals surface area contributed by atoms with Gasteiger partial charge in [-0.15, -0.1) is 0 Å². The van der Waals surface area contributed by atoms with Crippen LogP contribution in [0.1, 0.15) is 10.5 Å². The first-order valence-electron chi connectivity index (χ1n) is 4.56. The van der Waals surface area contributed by atoms with Gasteiger partial charge in [-0.05, 0) is 0 Å². The van der Waals surface area contributed by atoms with E-state index in [-0.39, 0.29) is 17.4 Å². The maximum atomic E-state index is 11.5. The predicted octanol–water partition coefficient (Wildman–Crippen LogP) is 0.467. The second kappa shape index (κ2) is 5.20. The summed E-state index contributed by atoms with van der Waals surface area (Å²) in [6, 6.07) is 0. The standard InChI is InChI=1S/C10H14N2O4/c1-11-10(13)7-9(16-4)8(15-3)6(14-2)5-12-7/h5H,1-4H3,(H,11,13). The molecule has 0 aliphatic rings. The second-order valence-electron chi connectivity index (χ2n) is 2.82. The van der Waals surface area contributed by atoms with Gasteiger partial charge in [0.15, 0.2) is 17.2 Å². The molecule has 0 unspecified atom stereocenters. The molecular formula is C10H14N2O4. The largest absolute Gasteiger partial charge is 0.491 e. The third-order valence-electron chi connectivity index (χ3n) is 2.03. The van der Waals surface area contributed by atoms with Gasteiger partial charge >= 0.3 is 0 Å². The van der Waals surface area contributed by atoms with Crippen LogP contribution in [0, 0.1) is 0 Å². The smallest absolute Gasteiger partial charge is 0.273 e. The first kappa shape index (κ1) is 12.1. The second-order valence-corrected chi connectivity index (χ2v) is 2.82. The van der Waals surface area contributed by atoms with Crippen molar-refractivity contribution in [1.29, 1.82) is 0 Å². The van der Waals surface area contributed by atoms with Crippen LogP contribution in [0.3, 0.4) is 0 Å². The van der Waals surface area contributed by atoms with Gasteiger partial charge in [0, 0.05) is 7.05 Å². The number of methoxy groups -OCH3 is 3. The summed E-state index contributed by atoms with van der Waals surface area (Å²) in [5.74, 6) is 0.657. The Morgan fingerprint density at radius 2 is 1.81 bits per heavy atom. The van der Waals surface area contributed by atoms with Crippen LogP contribution in [0.4, 0.5) is 0 Å². The number of nitrogens with zero attached hydrogens (tertiary/aromatic N) is 1. The number of pyridine rings is 1. The quantitative estimate of drug-likeness (QED) is 0.808. The molecule has 1 aromatic heterocycles. The van der Waals surface area contributed by atoms with E-state index in [0.717, 1.165) is 0 Å². The third-order valence-corrected chi connectivity index (χ3v) is 2.03. The lowest BCUT2D eigenvalue weighted by Crippen LogP contribution is -2.20. The minimum absolute atomic E-state index is 0.155. The molecule has 1 N–H and O–H groups in total. The van der Waals surface area contributed by atoms with Crippen LogP contribution in [-0.2, 0) is 0 Å². The zero-order valence-electron chi connectivity index (χ0n) is 9.66. The SMILES string of the molecule is CNC(=O)c1ncc(OC)c(OC)c1OC. The van der Waals surface area contributed by atoms with Crippen LogP contribution in [0.15, 0.2) is 6.20 Å². The van der Waals surface area contributed by atoms with E-state index < -0.39 is 0 Å². The molecule has 0 aliphatic carbocycles. The Kier molecular flexibility index (Phi) is 3.93.